The summed E-state index contributed by atoms with van der Waals surface area (Å²) in [6.07, 6.45) is 0.689. The average molecular weight is 575 g/mol. The molecule has 0 aromatic carbocycles. The van der Waals surface area contributed by atoms with Crippen molar-refractivity contribution in [1.29, 1.82) is 0 Å². The van der Waals surface area contributed by atoms with Crippen molar-refractivity contribution in [2.24, 2.45) is 5.92 Å². The second kappa shape index (κ2) is 10.0. The summed E-state index contributed by atoms with van der Waals surface area (Å²) < 4.78 is 64.4. The van der Waals surface area contributed by atoms with Gasteiger partial charge in [0, 0.05) is 19.0 Å². The molecule has 0 radical (unpaired) electrons. The number of aromatic nitrogens is 3. The van der Waals surface area contributed by atoms with Crippen molar-refractivity contribution >= 4 is 39.2 Å². The zero-order valence-corrected chi connectivity index (χ0v) is 22.3. The van der Waals surface area contributed by atoms with Crippen LogP contribution >= 0.6 is 11.3 Å². The number of aliphatic hydroxyl groups excluding tert-OH is 1. The average Bonchev–Trinajstić information content (AvgIpc) is 3.48. The van der Waals surface area contributed by atoms with Gasteiger partial charge in [-0.2, -0.15) is 18.2 Å². The number of anilines is 2. The molecule has 3 aliphatic rings. The lowest BCUT2D eigenvalue weighted by molar-refractivity contribution is -0.115. The number of hydrogen-bond acceptors (Lipinski definition) is 10. The van der Waals surface area contributed by atoms with Crippen LogP contribution in [0.3, 0.4) is 0 Å². The fraction of sp³-hybridized carbons (Fsp3) is 0.609. The van der Waals surface area contributed by atoms with Crippen LogP contribution in [-0.4, -0.2) is 81.3 Å². The van der Waals surface area contributed by atoms with Gasteiger partial charge in [0.25, 0.3) is 0 Å². The van der Waals surface area contributed by atoms with Gasteiger partial charge >= 0.3 is 6.18 Å². The van der Waals surface area contributed by atoms with Gasteiger partial charge in [0.2, 0.25) is 16.0 Å². The predicted molar refractivity (Wildman–Crippen MR) is 137 cm³/mol. The molecule has 3 heterocycles. The number of hydrogen-bond donors (Lipinski definition) is 4. The number of sulfonamides is 1. The molecule has 0 unspecified atom stereocenters. The molecule has 4 N–H and O–H groups in total. The van der Waals surface area contributed by atoms with Crippen LogP contribution in [0.5, 0.6) is 0 Å². The minimum atomic E-state index is -4.49. The van der Waals surface area contributed by atoms with Crippen molar-refractivity contribution in [2.75, 3.05) is 36.0 Å². The molecule has 2 fully saturated rings. The van der Waals surface area contributed by atoms with Crippen molar-refractivity contribution in [3.63, 3.8) is 0 Å². The van der Waals surface area contributed by atoms with E-state index in [1.165, 1.54) is 15.6 Å². The maximum absolute atomic E-state index is 12.9. The van der Waals surface area contributed by atoms with Gasteiger partial charge < -0.3 is 20.8 Å². The summed E-state index contributed by atoms with van der Waals surface area (Å²) >= 11 is 1.38. The minimum absolute atomic E-state index is 0.0354. The summed E-state index contributed by atoms with van der Waals surface area (Å²) in [6.45, 7) is 0.714. The first kappa shape index (κ1) is 27.2. The Balaban J connectivity index is 1.46. The normalized spacial score (nSPS) is 27.0. The topological polar surface area (TPSA) is 141 Å². The van der Waals surface area contributed by atoms with Gasteiger partial charge in [-0.1, -0.05) is 6.08 Å². The Morgan fingerprint density at radius 1 is 1.29 bits per heavy atom. The van der Waals surface area contributed by atoms with Crippen LogP contribution in [0.25, 0.3) is 16.6 Å². The minimum Gasteiger partial charge on any atom is -0.388 e. The highest BCUT2D eigenvalue weighted by atomic mass is 32.2. The Morgan fingerprint density at radius 2 is 2.08 bits per heavy atom. The zero-order chi connectivity index (χ0) is 27.3. The van der Waals surface area contributed by atoms with E-state index in [0.29, 0.717) is 35.7 Å². The van der Waals surface area contributed by atoms with E-state index >= 15 is 0 Å². The third-order valence-corrected chi connectivity index (χ3v) is 10.1. The van der Waals surface area contributed by atoms with Gasteiger partial charge in [0.05, 0.1) is 27.6 Å². The lowest BCUT2D eigenvalue weighted by Gasteiger charge is -2.32. The first-order valence-corrected chi connectivity index (χ1v) is 14.8. The monoisotopic (exact) mass is 574 g/mol. The maximum atomic E-state index is 12.9. The van der Waals surface area contributed by atoms with Crippen LogP contribution in [0.1, 0.15) is 41.9 Å². The molecule has 38 heavy (non-hydrogen) atoms. The lowest BCUT2D eigenvalue weighted by atomic mass is 10.0. The van der Waals surface area contributed by atoms with E-state index in [4.69, 9.17) is 4.98 Å². The molecule has 15 heteroatoms. The highest BCUT2D eigenvalue weighted by Gasteiger charge is 2.49. The number of thiazole rings is 1. The Hall–Kier alpha value is -2.33. The number of halogens is 3. The first-order valence-electron chi connectivity index (χ1n) is 12.4. The largest absolute Gasteiger partial charge is 0.405 e. The Bertz CT molecular complexity index is 1350. The van der Waals surface area contributed by atoms with Gasteiger partial charge in [0.15, 0.2) is 5.72 Å². The molecular weight excluding hydrogens is 545 g/mol. The number of aliphatic hydroxyl groups is 2. The molecule has 1 saturated heterocycles. The van der Waals surface area contributed by atoms with Gasteiger partial charge in [0.1, 0.15) is 23.5 Å². The summed E-state index contributed by atoms with van der Waals surface area (Å²) in [5.41, 5.74) is -0.231. The Morgan fingerprint density at radius 3 is 2.76 bits per heavy atom. The molecule has 10 nitrogen and oxygen atoms in total. The second-order valence-corrected chi connectivity index (χ2v) is 13.0. The van der Waals surface area contributed by atoms with Crippen molar-refractivity contribution in [3.8, 4) is 10.6 Å². The second-order valence-electron chi connectivity index (χ2n) is 9.92. The molecule has 0 bridgehead atoms. The van der Waals surface area contributed by atoms with Crippen LogP contribution in [0.2, 0.25) is 0 Å². The van der Waals surface area contributed by atoms with Gasteiger partial charge in [-0.15, -0.1) is 11.3 Å². The van der Waals surface area contributed by atoms with Gasteiger partial charge in [-0.25, -0.2) is 22.7 Å². The van der Waals surface area contributed by atoms with E-state index in [1.54, 1.807) is 6.92 Å². The molecular formula is C23H29F3N6O4S2. The number of fused-ring (bicyclic) bond motifs is 1. The molecule has 208 valence electrons. The summed E-state index contributed by atoms with van der Waals surface area (Å²) in [7, 11) is -3.38. The fourth-order valence-corrected chi connectivity index (χ4v) is 7.88. The number of nitrogens with zero attached hydrogens (tertiary/aromatic N) is 4. The lowest BCUT2D eigenvalue weighted by Crippen LogP contribution is -2.49. The van der Waals surface area contributed by atoms with E-state index in [2.05, 4.69) is 20.6 Å². The smallest absolute Gasteiger partial charge is 0.388 e. The van der Waals surface area contributed by atoms with Crippen molar-refractivity contribution in [2.45, 2.75) is 57.0 Å². The highest BCUT2D eigenvalue weighted by molar-refractivity contribution is 7.89. The van der Waals surface area contributed by atoms with Gasteiger partial charge in [-0.3, -0.25) is 0 Å². The van der Waals surface area contributed by atoms with E-state index in [9.17, 15) is 31.8 Å². The summed E-state index contributed by atoms with van der Waals surface area (Å²) in [4.78, 5) is 14.1. The number of allylic oxidation sites excluding steroid dienone is 1. The molecule has 5 rings (SSSR count). The molecule has 0 spiro atoms. The SMILES string of the molecule is Cc1nc(NCC(F)(F)F)nc(N[C@@]2(O)CC[C@H](CN3CCCS3(=O)=O)[C@H]2O)c1-c1nc2c(s1)C=CCC2. The number of rotatable bonds is 7. The maximum Gasteiger partial charge on any atom is 0.405 e. The molecule has 2 aromatic heterocycles. The van der Waals surface area contributed by atoms with Crippen molar-refractivity contribution in [3.05, 3.63) is 22.3 Å². The fourth-order valence-electron chi connectivity index (χ4n) is 5.16. The van der Waals surface area contributed by atoms with Crippen LogP contribution in [0.15, 0.2) is 6.08 Å². The Kier molecular flexibility index (Phi) is 7.18. The predicted octanol–water partition coefficient (Wildman–Crippen LogP) is 2.75. The summed E-state index contributed by atoms with van der Waals surface area (Å²) in [5, 5.41) is 28.1. The van der Waals surface area contributed by atoms with Gasteiger partial charge in [-0.05, 0) is 45.1 Å². The Labute approximate surface area is 222 Å². The molecule has 1 aliphatic heterocycles. The van der Waals surface area contributed by atoms with E-state index in [1.807, 2.05) is 12.2 Å². The molecule has 2 aromatic rings. The van der Waals surface area contributed by atoms with Crippen LogP contribution in [0.4, 0.5) is 24.9 Å². The summed E-state index contributed by atoms with van der Waals surface area (Å²) in [5.74, 6) is -0.731. The third kappa shape index (κ3) is 5.52. The number of alkyl halides is 3. The first-order chi connectivity index (χ1) is 17.8. The van der Waals surface area contributed by atoms with Crippen molar-refractivity contribution < 1.29 is 31.8 Å². The zero-order valence-electron chi connectivity index (χ0n) is 20.6. The molecule has 0 amide bonds. The van der Waals surface area contributed by atoms with Crippen molar-refractivity contribution in [1.82, 2.24) is 19.3 Å². The number of nitrogens with one attached hydrogen (secondary N) is 2. The van der Waals surface area contributed by atoms with E-state index in [-0.39, 0.29) is 30.5 Å². The van der Waals surface area contributed by atoms with Crippen LogP contribution < -0.4 is 10.6 Å². The quantitative estimate of drug-likeness (QED) is 0.368. The standard InChI is InChI=1S/C23H29F3N6O4S2/c1-13-17(20-29-15-5-2-3-6-16(15)37-20)19(30-21(28-13)27-12-23(24,25)26)31-22(34)8-7-14(18(22)33)11-32-9-4-10-38(32,35)36/h3,6,14,18,33-34H,2,4-5,7-12H2,1H3,(H2,27,28,30,31)/t14-,18-,22-/m1/s1. The third-order valence-electron chi connectivity index (χ3n) is 7.10. The molecule has 3 atom stereocenters. The number of aryl methyl sites for hydroxylation is 2. The summed E-state index contributed by atoms with van der Waals surface area (Å²) in [6, 6.07) is 0. The van der Waals surface area contributed by atoms with Crippen LogP contribution in [0, 0.1) is 12.8 Å². The van der Waals surface area contributed by atoms with Crippen LogP contribution in [-0.2, 0) is 16.4 Å². The molecule has 2 aliphatic carbocycles. The highest BCUT2D eigenvalue weighted by Crippen LogP contribution is 2.41. The molecule has 1 saturated carbocycles. The van der Waals surface area contributed by atoms with E-state index in [0.717, 1.165) is 23.4 Å². The van der Waals surface area contributed by atoms with E-state index < -0.39 is 40.5 Å².